The van der Waals surface area contributed by atoms with E-state index in [4.69, 9.17) is 23.2 Å². The summed E-state index contributed by atoms with van der Waals surface area (Å²) in [6.07, 6.45) is 3.96. The molecule has 0 saturated heterocycles. The topological polar surface area (TPSA) is 17.1 Å². The Bertz CT molecular complexity index is 354. The SMILES string of the molecule is O=CC(Cl)C1(c2ccc(Cl)cc2)CCC1. The lowest BCUT2D eigenvalue weighted by molar-refractivity contribution is -0.109. The van der Waals surface area contributed by atoms with Gasteiger partial charge in [0.25, 0.3) is 0 Å². The van der Waals surface area contributed by atoms with Crippen LogP contribution in [0.4, 0.5) is 0 Å². The molecule has 15 heavy (non-hydrogen) atoms. The minimum absolute atomic E-state index is 0.145. The van der Waals surface area contributed by atoms with Gasteiger partial charge in [-0.1, -0.05) is 30.2 Å². The van der Waals surface area contributed by atoms with E-state index in [1.807, 2.05) is 24.3 Å². The van der Waals surface area contributed by atoms with Gasteiger partial charge in [0.1, 0.15) is 6.29 Å². The molecule has 0 aromatic heterocycles. The van der Waals surface area contributed by atoms with Crippen molar-refractivity contribution in [3.05, 3.63) is 34.9 Å². The molecule has 0 spiro atoms. The predicted octanol–water partition coefficient (Wildman–Crippen LogP) is 3.57. The molecule has 1 aliphatic rings. The zero-order valence-corrected chi connectivity index (χ0v) is 9.76. The smallest absolute Gasteiger partial charge is 0.138 e. The second-order valence-electron chi connectivity index (χ2n) is 4.05. The minimum Gasteiger partial charge on any atom is -0.302 e. The molecule has 80 valence electrons. The average Bonchev–Trinajstić information content (AvgIpc) is 2.19. The number of alkyl halides is 1. The Hall–Kier alpha value is -0.530. The van der Waals surface area contributed by atoms with Crippen LogP contribution in [0.15, 0.2) is 24.3 Å². The fourth-order valence-corrected chi connectivity index (χ4v) is 2.66. The van der Waals surface area contributed by atoms with E-state index in [2.05, 4.69) is 0 Å². The minimum atomic E-state index is -0.424. The largest absolute Gasteiger partial charge is 0.302 e. The summed E-state index contributed by atoms with van der Waals surface area (Å²) in [6.45, 7) is 0. The van der Waals surface area contributed by atoms with Crippen molar-refractivity contribution in [2.75, 3.05) is 0 Å². The predicted molar refractivity (Wildman–Crippen MR) is 62.7 cm³/mol. The van der Waals surface area contributed by atoms with Gasteiger partial charge in [-0.2, -0.15) is 0 Å². The maximum atomic E-state index is 10.8. The van der Waals surface area contributed by atoms with Crippen LogP contribution in [0.25, 0.3) is 0 Å². The van der Waals surface area contributed by atoms with Crippen molar-refractivity contribution >= 4 is 29.5 Å². The van der Waals surface area contributed by atoms with Gasteiger partial charge in [-0.05, 0) is 30.5 Å². The molecule has 0 N–H and O–H groups in total. The van der Waals surface area contributed by atoms with Crippen LogP contribution in [0.1, 0.15) is 24.8 Å². The molecule has 0 bridgehead atoms. The number of rotatable bonds is 3. The second-order valence-corrected chi connectivity index (χ2v) is 4.96. The Morgan fingerprint density at radius 2 is 1.87 bits per heavy atom. The zero-order valence-electron chi connectivity index (χ0n) is 8.25. The third-order valence-corrected chi connectivity index (χ3v) is 4.08. The molecule has 2 rings (SSSR count). The van der Waals surface area contributed by atoms with Crippen LogP contribution in [-0.4, -0.2) is 11.7 Å². The van der Waals surface area contributed by atoms with E-state index < -0.39 is 5.38 Å². The van der Waals surface area contributed by atoms with E-state index in [1.54, 1.807) is 0 Å². The summed E-state index contributed by atoms with van der Waals surface area (Å²) in [5, 5.41) is 0.290. The monoisotopic (exact) mass is 242 g/mol. The van der Waals surface area contributed by atoms with Crippen LogP contribution in [-0.2, 0) is 10.2 Å². The number of carbonyl (C=O) groups excluding carboxylic acids is 1. The van der Waals surface area contributed by atoms with E-state index in [-0.39, 0.29) is 5.41 Å². The normalized spacial score (nSPS) is 20.4. The summed E-state index contributed by atoms with van der Waals surface area (Å²) in [6, 6.07) is 7.65. The van der Waals surface area contributed by atoms with Gasteiger partial charge in [0.05, 0.1) is 5.38 Å². The molecule has 1 nitrogen and oxygen atoms in total. The highest BCUT2D eigenvalue weighted by atomic mass is 35.5. The third-order valence-electron chi connectivity index (χ3n) is 3.31. The second kappa shape index (κ2) is 4.15. The molecule has 1 aliphatic carbocycles. The van der Waals surface area contributed by atoms with Crippen molar-refractivity contribution in [1.82, 2.24) is 0 Å². The Labute approximate surface area is 99.4 Å². The van der Waals surface area contributed by atoms with Crippen molar-refractivity contribution in [2.45, 2.75) is 30.1 Å². The fourth-order valence-electron chi connectivity index (χ4n) is 2.19. The van der Waals surface area contributed by atoms with E-state index in [0.717, 1.165) is 31.1 Å². The molecule has 1 aromatic rings. The lowest BCUT2D eigenvalue weighted by Crippen LogP contribution is -2.43. The van der Waals surface area contributed by atoms with Crippen LogP contribution in [0.5, 0.6) is 0 Å². The average molecular weight is 243 g/mol. The molecule has 0 heterocycles. The van der Waals surface area contributed by atoms with Crippen molar-refractivity contribution in [3.63, 3.8) is 0 Å². The maximum Gasteiger partial charge on any atom is 0.138 e. The Morgan fingerprint density at radius 1 is 1.27 bits per heavy atom. The van der Waals surface area contributed by atoms with Crippen LogP contribution in [0.3, 0.4) is 0 Å². The lowest BCUT2D eigenvalue weighted by Gasteiger charge is -2.44. The standard InChI is InChI=1S/C12H12Cl2O/c13-10-4-2-9(3-5-10)12(6-1-7-12)11(14)8-15/h2-5,8,11H,1,6-7H2. The van der Waals surface area contributed by atoms with Crippen molar-refractivity contribution in [2.24, 2.45) is 0 Å². The molecular formula is C12H12Cl2O. The third kappa shape index (κ3) is 1.79. The van der Waals surface area contributed by atoms with Crippen molar-refractivity contribution in [3.8, 4) is 0 Å². The van der Waals surface area contributed by atoms with Crippen LogP contribution >= 0.6 is 23.2 Å². The van der Waals surface area contributed by atoms with Gasteiger partial charge in [0.2, 0.25) is 0 Å². The highest BCUT2D eigenvalue weighted by Crippen LogP contribution is 2.48. The van der Waals surface area contributed by atoms with Gasteiger partial charge in [0.15, 0.2) is 0 Å². The lowest BCUT2D eigenvalue weighted by atomic mass is 9.62. The summed E-state index contributed by atoms with van der Waals surface area (Å²) in [5.41, 5.74) is 0.985. The number of hydrogen-bond donors (Lipinski definition) is 0. The number of aldehydes is 1. The van der Waals surface area contributed by atoms with Crippen molar-refractivity contribution < 1.29 is 4.79 Å². The van der Waals surface area contributed by atoms with E-state index >= 15 is 0 Å². The summed E-state index contributed by atoms with van der Waals surface area (Å²) in [7, 11) is 0. The van der Waals surface area contributed by atoms with Gasteiger partial charge in [-0.15, -0.1) is 11.6 Å². The van der Waals surface area contributed by atoms with Gasteiger partial charge >= 0.3 is 0 Å². The molecule has 1 atom stereocenters. The molecule has 0 radical (unpaired) electrons. The number of carbonyl (C=O) groups is 1. The molecule has 3 heteroatoms. The summed E-state index contributed by atoms with van der Waals surface area (Å²) in [4.78, 5) is 10.8. The van der Waals surface area contributed by atoms with Crippen LogP contribution < -0.4 is 0 Å². The first-order valence-electron chi connectivity index (χ1n) is 5.04. The quantitative estimate of drug-likeness (QED) is 0.585. The summed E-state index contributed by atoms with van der Waals surface area (Å²) >= 11 is 11.9. The number of halogens is 2. The molecule has 0 amide bonds. The number of benzene rings is 1. The Kier molecular flexibility index (Phi) is 3.03. The molecular weight excluding hydrogens is 231 g/mol. The van der Waals surface area contributed by atoms with E-state index in [0.29, 0.717) is 5.02 Å². The van der Waals surface area contributed by atoms with Gasteiger partial charge in [-0.3, -0.25) is 0 Å². The molecule has 1 saturated carbocycles. The van der Waals surface area contributed by atoms with Gasteiger partial charge in [0, 0.05) is 10.4 Å². The molecule has 1 fully saturated rings. The maximum absolute atomic E-state index is 10.8. The van der Waals surface area contributed by atoms with E-state index in [1.165, 1.54) is 0 Å². The number of hydrogen-bond acceptors (Lipinski definition) is 1. The summed E-state index contributed by atoms with van der Waals surface area (Å²) < 4.78 is 0. The van der Waals surface area contributed by atoms with Crippen LogP contribution in [0.2, 0.25) is 5.02 Å². The summed E-state index contributed by atoms with van der Waals surface area (Å²) in [5.74, 6) is 0. The Morgan fingerprint density at radius 3 is 2.27 bits per heavy atom. The molecule has 0 aliphatic heterocycles. The highest BCUT2D eigenvalue weighted by molar-refractivity contribution is 6.30. The van der Waals surface area contributed by atoms with E-state index in [9.17, 15) is 4.79 Å². The Balaban J connectivity index is 2.34. The first-order valence-corrected chi connectivity index (χ1v) is 5.86. The highest BCUT2D eigenvalue weighted by Gasteiger charge is 2.44. The van der Waals surface area contributed by atoms with Gasteiger partial charge in [-0.25, -0.2) is 0 Å². The van der Waals surface area contributed by atoms with Gasteiger partial charge < -0.3 is 4.79 Å². The van der Waals surface area contributed by atoms with Crippen LogP contribution in [0, 0.1) is 0 Å². The molecule has 1 unspecified atom stereocenters. The first kappa shape index (κ1) is 11.0. The first-order chi connectivity index (χ1) is 7.19. The fraction of sp³-hybridized carbons (Fsp3) is 0.417. The zero-order chi connectivity index (χ0) is 10.9. The molecule has 1 aromatic carbocycles. The van der Waals surface area contributed by atoms with Crippen molar-refractivity contribution in [1.29, 1.82) is 0 Å².